The van der Waals surface area contributed by atoms with Crippen molar-refractivity contribution in [2.24, 2.45) is 0 Å². The molecule has 0 aliphatic carbocycles. The zero-order valence-corrected chi connectivity index (χ0v) is 18.2. The van der Waals surface area contributed by atoms with E-state index < -0.39 is 0 Å². The minimum atomic E-state index is 0. The Balaban J connectivity index is 0.00000259. The highest BCUT2D eigenvalue weighted by molar-refractivity contribution is 5.69. The van der Waals surface area contributed by atoms with E-state index in [1.807, 2.05) is 54.1 Å². The highest BCUT2D eigenvalue weighted by Gasteiger charge is 2.28. The van der Waals surface area contributed by atoms with E-state index in [0.29, 0.717) is 24.1 Å². The van der Waals surface area contributed by atoms with Gasteiger partial charge < -0.3 is 24.3 Å². The molecular weight excluding hydrogens is 404 g/mol. The molecule has 0 amide bonds. The van der Waals surface area contributed by atoms with Crippen molar-refractivity contribution in [2.75, 3.05) is 23.9 Å². The van der Waals surface area contributed by atoms with Crippen molar-refractivity contribution >= 4 is 23.1 Å². The summed E-state index contributed by atoms with van der Waals surface area (Å²) in [6, 6.07) is 16.2. The third-order valence-corrected chi connectivity index (χ3v) is 5.35. The number of methoxy groups -OCH3 is 1. The number of hydrogen-bond donors (Lipinski definition) is 1. The van der Waals surface area contributed by atoms with Crippen LogP contribution >= 0.6 is 0 Å². The van der Waals surface area contributed by atoms with Gasteiger partial charge in [-0.15, -0.1) is 0 Å². The number of aryl methyl sites for hydroxylation is 1. The standard InChI is InChI=1S/C24H24N6O2.H2/c1-16-13-29(15-26-16)20-10-9-18(11-21(20)31-3)27-24-25-12-22-23(28-24)30(17(2)14-32-22)19-7-5-4-6-8-19;/h4-13,15,17H,14H2,1-3H3,(H,25,27,28);1H. The van der Waals surface area contributed by atoms with Gasteiger partial charge >= 0.3 is 0 Å². The normalized spacial score (nSPS) is 15.1. The summed E-state index contributed by atoms with van der Waals surface area (Å²) in [7, 11) is 1.65. The Kier molecular flexibility index (Phi) is 5.10. The second kappa shape index (κ2) is 8.22. The van der Waals surface area contributed by atoms with Crippen LogP contribution in [0.1, 0.15) is 14.0 Å². The number of ether oxygens (including phenoxy) is 2. The monoisotopic (exact) mass is 430 g/mol. The molecule has 2 aromatic heterocycles. The lowest BCUT2D eigenvalue weighted by atomic mass is 10.2. The van der Waals surface area contributed by atoms with Crippen LogP contribution in [0.25, 0.3) is 5.69 Å². The molecule has 164 valence electrons. The van der Waals surface area contributed by atoms with Crippen LogP contribution in [0.4, 0.5) is 23.1 Å². The average molecular weight is 431 g/mol. The van der Waals surface area contributed by atoms with Crippen LogP contribution < -0.4 is 19.7 Å². The smallest absolute Gasteiger partial charge is 0.229 e. The quantitative estimate of drug-likeness (QED) is 0.483. The summed E-state index contributed by atoms with van der Waals surface area (Å²) in [5.74, 6) is 2.61. The molecule has 0 bridgehead atoms. The molecule has 1 aliphatic rings. The fourth-order valence-corrected chi connectivity index (χ4v) is 3.81. The van der Waals surface area contributed by atoms with Crippen LogP contribution in [-0.2, 0) is 0 Å². The fourth-order valence-electron chi connectivity index (χ4n) is 3.81. The van der Waals surface area contributed by atoms with E-state index in [0.717, 1.165) is 28.6 Å². The lowest BCUT2D eigenvalue weighted by molar-refractivity contribution is 0.275. The summed E-state index contributed by atoms with van der Waals surface area (Å²) in [5.41, 5.74) is 3.73. The zero-order valence-electron chi connectivity index (χ0n) is 18.2. The number of nitrogens with zero attached hydrogens (tertiary/aromatic N) is 5. The number of anilines is 4. The van der Waals surface area contributed by atoms with E-state index >= 15 is 0 Å². The summed E-state index contributed by atoms with van der Waals surface area (Å²) in [5, 5.41) is 3.29. The van der Waals surface area contributed by atoms with Gasteiger partial charge in [-0.1, -0.05) is 18.2 Å². The molecule has 32 heavy (non-hydrogen) atoms. The molecule has 3 heterocycles. The molecule has 5 rings (SSSR count). The molecule has 1 atom stereocenters. The van der Waals surface area contributed by atoms with Crippen molar-refractivity contribution in [1.82, 2.24) is 19.5 Å². The number of benzene rings is 2. The van der Waals surface area contributed by atoms with Crippen molar-refractivity contribution in [3.05, 3.63) is 72.9 Å². The van der Waals surface area contributed by atoms with Gasteiger partial charge in [0.05, 0.1) is 37.1 Å². The van der Waals surface area contributed by atoms with Crippen LogP contribution in [0, 0.1) is 6.92 Å². The van der Waals surface area contributed by atoms with Gasteiger partial charge in [-0.05, 0) is 38.1 Å². The van der Waals surface area contributed by atoms with Gasteiger partial charge in [0.25, 0.3) is 0 Å². The summed E-state index contributed by atoms with van der Waals surface area (Å²) in [6.45, 7) is 4.65. The van der Waals surface area contributed by atoms with Crippen LogP contribution in [0.2, 0.25) is 0 Å². The third-order valence-electron chi connectivity index (χ3n) is 5.35. The summed E-state index contributed by atoms with van der Waals surface area (Å²) in [6.07, 6.45) is 5.44. The Hall–Kier alpha value is -4.07. The van der Waals surface area contributed by atoms with E-state index in [4.69, 9.17) is 14.5 Å². The molecular formula is C24H26N6O2. The first-order valence-corrected chi connectivity index (χ1v) is 10.4. The maximum Gasteiger partial charge on any atom is 0.229 e. The van der Waals surface area contributed by atoms with E-state index in [9.17, 15) is 0 Å². The predicted molar refractivity (Wildman–Crippen MR) is 126 cm³/mol. The van der Waals surface area contributed by atoms with Crippen LogP contribution in [0.15, 0.2) is 67.3 Å². The zero-order chi connectivity index (χ0) is 22.1. The SMILES string of the molecule is COc1cc(Nc2ncc3c(n2)N(c2ccccc2)C(C)CO3)ccc1-n1cnc(C)c1.[HH]. The first-order valence-electron chi connectivity index (χ1n) is 10.4. The van der Waals surface area contributed by atoms with E-state index in [2.05, 4.69) is 39.2 Å². The van der Waals surface area contributed by atoms with Gasteiger partial charge in [-0.25, -0.2) is 9.97 Å². The molecule has 8 heteroatoms. The predicted octanol–water partition coefficient (Wildman–Crippen LogP) is 4.89. The van der Waals surface area contributed by atoms with E-state index in [1.54, 1.807) is 19.6 Å². The second-order valence-electron chi connectivity index (χ2n) is 7.68. The van der Waals surface area contributed by atoms with Gasteiger partial charge in [-0.3, -0.25) is 0 Å². The van der Waals surface area contributed by atoms with Gasteiger partial charge in [0.2, 0.25) is 5.95 Å². The number of aromatic nitrogens is 4. The Morgan fingerprint density at radius 2 is 2.00 bits per heavy atom. The van der Waals surface area contributed by atoms with Gasteiger partial charge in [0.1, 0.15) is 12.4 Å². The number of fused-ring (bicyclic) bond motifs is 1. The summed E-state index contributed by atoms with van der Waals surface area (Å²) >= 11 is 0. The molecule has 0 radical (unpaired) electrons. The van der Waals surface area contributed by atoms with Gasteiger partial charge in [0.15, 0.2) is 11.6 Å². The molecule has 0 spiro atoms. The molecule has 0 fully saturated rings. The number of para-hydroxylation sites is 1. The Bertz CT molecular complexity index is 1250. The van der Waals surface area contributed by atoms with Crippen LogP contribution in [0.3, 0.4) is 0 Å². The lowest BCUT2D eigenvalue weighted by Gasteiger charge is -2.35. The fraction of sp³-hybridized carbons (Fsp3) is 0.208. The van der Waals surface area contributed by atoms with E-state index in [-0.39, 0.29) is 7.47 Å². The van der Waals surface area contributed by atoms with Gasteiger partial charge in [-0.2, -0.15) is 4.98 Å². The number of hydrogen-bond acceptors (Lipinski definition) is 7. The molecule has 1 unspecified atom stereocenters. The minimum absolute atomic E-state index is 0. The molecule has 1 aliphatic heterocycles. The summed E-state index contributed by atoms with van der Waals surface area (Å²) in [4.78, 5) is 15.7. The lowest BCUT2D eigenvalue weighted by Crippen LogP contribution is -2.38. The van der Waals surface area contributed by atoms with Crippen LogP contribution in [-0.4, -0.2) is 39.3 Å². The molecule has 1 N–H and O–H groups in total. The molecule has 0 saturated carbocycles. The van der Waals surface area contributed by atoms with Crippen LogP contribution in [0.5, 0.6) is 11.5 Å². The first kappa shape index (κ1) is 19.9. The number of nitrogens with one attached hydrogen (secondary N) is 1. The van der Waals surface area contributed by atoms with Crippen molar-refractivity contribution in [3.63, 3.8) is 0 Å². The van der Waals surface area contributed by atoms with E-state index in [1.165, 1.54) is 0 Å². The van der Waals surface area contributed by atoms with Crippen molar-refractivity contribution < 1.29 is 10.9 Å². The van der Waals surface area contributed by atoms with Crippen molar-refractivity contribution in [2.45, 2.75) is 19.9 Å². The van der Waals surface area contributed by atoms with Crippen molar-refractivity contribution in [3.8, 4) is 17.2 Å². The van der Waals surface area contributed by atoms with Crippen molar-refractivity contribution in [1.29, 1.82) is 0 Å². The Labute approximate surface area is 188 Å². The topological polar surface area (TPSA) is 77.3 Å². The minimum Gasteiger partial charge on any atom is -0.494 e. The first-order chi connectivity index (χ1) is 15.6. The maximum absolute atomic E-state index is 5.87. The Morgan fingerprint density at radius 1 is 1.16 bits per heavy atom. The number of imidazole rings is 1. The third kappa shape index (κ3) is 3.71. The maximum atomic E-state index is 5.87. The molecule has 2 aromatic carbocycles. The largest absolute Gasteiger partial charge is 0.494 e. The second-order valence-corrected chi connectivity index (χ2v) is 7.68. The molecule has 8 nitrogen and oxygen atoms in total. The molecule has 4 aromatic rings. The highest BCUT2D eigenvalue weighted by Crippen LogP contribution is 2.38. The average Bonchev–Trinajstić information content (AvgIpc) is 3.25. The highest BCUT2D eigenvalue weighted by atomic mass is 16.5. The Morgan fingerprint density at radius 3 is 2.75 bits per heavy atom. The summed E-state index contributed by atoms with van der Waals surface area (Å²) < 4.78 is 13.4. The molecule has 0 saturated heterocycles. The number of rotatable bonds is 5. The van der Waals surface area contributed by atoms with Gasteiger partial charge in [0, 0.05) is 25.1 Å².